The maximum Gasteiger partial charge on any atom is 0.314 e. The number of aliphatic hydroxyl groups excluding tert-OH is 1. The number of amides is 2. The van der Waals surface area contributed by atoms with E-state index in [0.717, 1.165) is 25.1 Å². The molecule has 0 radical (unpaired) electrons. The summed E-state index contributed by atoms with van der Waals surface area (Å²) in [5.74, 6) is 0.142. The van der Waals surface area contributed by atoms with Crippen LogP contribution < -0.4 is 10.6 Å². The molecule has 0 bridgehead atoms. The number of likely N-dealkylation sites (N-methyl/N-ethyl adjacent to an activating group) is 1. The SMILES string of the molecule is CCN1CCCCC1CNC(=O)NCC(CCO)c1ccccc1. The van der Waals surface area contributed by atoms with Crippen molar-refractivity contribution in [1.82, 2.24) is 15.5 Å². The van der Waals surface area contributed by atoms with Crippen LogP contribution in [0.1, 0.15) is 44.1 Å². The van der Waals surface area contributed by atoms with Gasteiger partial charge < -0.3 is 15.7 Å². The summed E-state index contributed by atoms with van der Waals surface area (Å²) in [6.07, 6.45) is 4.31. The van der Waals surface area contributed by atoms with Gasteiger partial charge in [0, 0.05) is 31.7 Å². The van der Waals surface area contributed by atoms with Crippen LogP contribution in [0.3, 0.4) is 0 Å². The maximum atomic E-state index is 12.1. The average Bonchev–Trinajstić information content (AvgIpc) is 2.64. The van der Waals surface area contributed by atoms with Gasteiger partial charge in [0.1, 0.15) is 0 Å². The van der Waals surface area contributed by atoms with Gasteiger partial charge in [-0.3, -0.25) is 4.90 Å². The molecule has 1 aliphatic rings. The predicted molar refractivity (Wildman–Crippen MR) is 97.2 cm³/mol. The van der Waals surface area contributed by atoms with Gasteiger partial charge in [-0.1, -0.05) is 43.7 Å². The van der Waals surface area contributed by atoms with E-state index in [9.17, 15) is 9.90 Å². The lowest BCUT2D eigenvalue weighted by Gasteiger charge is -2.34. The Morgan fingerprint density at radius 1 is 1.29 bits per heavy atom. The van der Waals surface area contributed by atoms with E-state index in [1.54, 1.807) is 0 Å². The number of rotatable bonds is 8. The summed E-state index contributed by atoms with van der Waals surface area (Å²) in [5, 5.41) is 15.2. The second-order valence-corrected chi connectivity index (χ2v) is 6.49. The van der Waals surface area contributed by atoms with Crippen LogP contribution in [0, 0.1) is 0 Å². The minimum absolute atomic E-state index is 0.115. The molecule has 134 valence electrons. The van der Waals surface area contributed by atoms with E-state index in [-0.39, 0.29) is 18.6 Å². The fraction of sp³-hybridized carbons (Fsp3) is 0.632. The van der Waals surface area contributed by atoms with E-state index in [0.29, 0.717) is 25.6 Å². The topological polar surface area (TPSA) is 64.6 Å². The number of carbonyl (C=O) groups is 1. The van der Waals surface area contributed by atoms with Crippen molar-refractivity contribution in [2.75, 3.05) is 32.8 Å². The summed E-state index contributed by atoms with van der Waals surface area (Å²) in [6.45, 7) is 5.72. The van der Waals surface area contributed by atoms with Crippen molar-refractivity contribution >= 4 is 6.03 Å². The van der Waals surface area contributed by atoms with Gasteiger partial charge in [-0.15, -0.1) is 0 Å². The molecule has 1 fully saturated rings. The highest BCUT2D eigenvalue weighted by atomic mass is 16.3. The number of piperidine rings is 1. The van der Waals surface area contributed by atoms with Crippen molar-refractivity contribution in [2.45, 2.75) is 44.6 Å². The Bertz CT molecular complexity index is 481. The third-order valence-corrected chi connectivity index (χ3v) is 4.91. The van der Waals surface area contributed by atoms with Crippen molar-refractivity contribution < 1.29 is 9.90 Å². The molecule has 0 saturated carbocycles. The first-order valence-electron chi connectivity index (χ1n) is 9.16. The molecule has 2 rings (SSSR count). The lowest BCUT2D eigenvalue weighted by molar-refractivity contribution is 0.153. The normalized spacial score (nSPS) is 19.7. The van der Waals surface area contributed by atoms with Crippen molar-refractivity contribution in [2.24, 2.45) is 0 Å². The number of aliphatic hydroxyl groups is 1. The van der Waals surface area contributed by atoms with Crippen LogP contribution in [0.5, 0.6) is 0 Å². The number of urea groups is 1. The first-order chi connectivity index (χ1) is 11.7. The fourth-order valence-electron chi connectivity index (χ4n) is 3.46. The molecule has 1 aromatic rings. The van der Waals surface area contributed by atoms with Gasteiger partial charge in [-0.2, -0.15) is 0 Å². The summed E-state index contributed by atoms with van der Waals surface area (Å²) >= 11 is 0. The van der Waals surface area contributed by atoms with Gasteiger partial charge in [0.2, 0.25) is 0 Å². The van der Waals surface area contributed by atoms with Gasteiger partial charge in [0.05, 0.1) is 0 Å². The van der Waals surface area contributed by atoms with Gasteiger partial charge in [-0.05, 0) is 37.9 Å². The van der Waals surface area contributed by atoms with Crippen LogP contribution in [0.15, 0.2) is 30.3 Å². The third kappa shape index (κ3) is 5.80. The van der Waals surface area contributed by atoms with E-state index < -0.39 is 0 Å². The largest absolute Gasteiger partial charge is 0.396 e. The Morgan fingerprint density at radius 2 is 2.08 bits per heavy atom. The van der Waals surface area contributed by atoms with Crippen LogP contribution in [0.25, 0.3) is 0 Å². The molecule has 1 aliphatic heterocycles. The minimum atomic E-state index is -0.115. The molecule has 2 amide bonds. The number of benzene rings is 1. The second kappa shape index (κ2) is 10.3. The Labute approximate surface area is 145 Å². The Morgan fingerprint density at radius 3 is 2.79 bits per heavy atom. The van der Waals surface area contributed by atoms with Crippen molar-refractivity contribution in [3.8, 4) is 0 Å². The molecule has 2 atom stereocenters. The number of nitrogens with one attached hydrogen (secondary N) is 2. The van der Waals surface area contributed by atoms with Gasteiger partial charge in [0.15, 0.2) is 0 Å². The first-order valence-corrected chi connectivity index (χ1v) is 9.16. The number of hydrogen-bond acceptors (Lipinski definition) is 3. The summed E-state index contributed by atoms with van der Waals surface area (Å²) < 4.78 is 0. The Hall–Kier alpha value is -1.59. The van der Waals surface area contributed by atoms with E-state index in [2.05, 4.69) is 22.5 Å². The average molecular weight is 333 g/mol. The van der Waals surface area contributed by atoms with E-state index in [4.69, 9.17) is 0 Å². The fourth-order valence-corrected chi connectivity index (χ4v) is 3.46. The first kappa shape index (κ1) is 18.7. The zero-order valence-corrected chi connectivity index (χ0v) is 14.7. The summed E-state index contributed by atoms with van der Waals surface area (Å²) in [4.78, 5) is 14.6. The molecule has 5 heteroatoms. The van der Waals surface area contributed by atoms with Crippen molar-refractivity contribution in [3.63, 3.8) is 0 Å². The molecular weight excluding hydrogens is 302 g/mol. The molecule has 2 unspecified atom stereocenters. The van der Waals surface area contributed by atoms with Crippen molar-refractivity contribution in [1.29, 1.82) is 0 Å². The molecule has 24 heavy (non-hydrogen) atoms. The summed E-state index contributed by atoms with van der Waals surface area (Å²) in [5.41, 5.74) is 1.15. The smallest absolute Gasteiger partial charge is 0.314 e. The van der Waals surface area contributed by atoms with Crippen LogP contribution in [0.4, 0.5) is 4.79 Å². The third-order valence-electron chi connectivity index (χ3n) is 4.91. The van der Waals surface area contributed by atoms with Gasteiger partial charge in [-0.25, -0.2) is 4.79 Å². The van der Waals surface area contributed by atoms with E-state index >= 15 is 0 Å². The highest BCUT2D eigenvalue weighted by Crippen LogP contribution is 2.18. The zero-order chi connectivity index (χ0) is 17.2. The number of carbonyl (C=O) groups excluding carboxylic acids is 1. The highest BCUT2D eigenvalue weighted by molar-refractivity contribution is 5.73. The molecule has 1 heterocycles. The quantitative estimate of drug-likeness (QED) is 0.684. The molecule has 1 saturated heterocycles. The number of likely N-dealkylation sites (tertiary alicyclic amines) is 1. The highest BCUT2D eigenvalue weighted by Gasteiger charge is 2.21. The lowest BCUT2D eigenvalue weighted by atomic mass is 9.96. The zero-order valence-electron chi connectivity index (χ0n) is 14.7. The summed E-state index contributed by atoms with van der Waals surface area (Å²) in [7, 11) is 0. The molecule has 0 aliphatic carbocycles. The standard InChI is InChI=1S/C19H31N3O2/c1-2-22-12-7-6-10-18(22)15-21-19(24)20-14-17(11-13-23)16-8-4-3-5-9-16/h3-5,8-9,17-18,23H,2,6-7,10-15H2,1H3,(H2,20,21,24). The van der Waals surface area contributed by atoms with Gasteiger partial charge >= 0.3 is 6.03 Å². The molecule has 1 aromatic carbocycles. The molecular formula is C19H31N3O2. The summed E-state index contributed by atoms with van der Waals surface area (Å²) in [6, 6.07) is 10.4. The van der Waals surface area contributed by atoms with Crippen LogP contribution in [-0.4, -0.2) is 54.9 Å². The van der Waals surface area contributed by atoms with Crippen LogP contribution in [-0.2, 0) is 0 Å². The molecule has 5 nitrogen and oxygen atoms in total. The number of nitrogens with zero attached hydrogens (tertiary/aromatic N) is 1. The molecule has 0 spiro atoms. The van der Waals surface area contributed by atoms with Crippen LogP contribution >= 0.6 is 0 Å². The predicted octanol–water partition coefficient (Wildman–Crippen LogP) is 2.33. The van der Waals surface area contributed by atoms with Gasteiger partial charge in [0.25, 0.3) is 0 Å². The Balaban J connectivity index is 1.76. The van der Waals surface area contributed by atoms with E-state index in [1.807, 2.05) is 30.3 Å². The minimum Gasteiger partial charge on any atom is -0.396 e. The monoisotopic (exact) mass is 333 g/mol. The second-order valence-electron chi connectivity index (χ2n) is 6.49. The maximum absolute atomic E-state index is 12.1. The molecule has 3 N–H and O–H groups in total. The lowest BCUT2D eigenvalue weighted by Crippen LogP contribution is -2.48. The van der Waals surface area contributed by atoms with Crippen LogP contribution in [0.2, 0.25) is 0 Å². The number of hydrogen-bond donors (Lipinski definition) is 3. The van der Waals surface area contributed by atoms with E-state index in [1.165, 1.54) is 12.8 Å². The molecule has 0 aromatic heterocycles. The van der Waals surface area contributed by atoms with Crippen molar-refractivity contribution in [3.05, 3.63) is 35.9 Å². The Kier molecular flexibility index (Phi) is 8.05.